The summed E-state index contributed by atoms with van der Waals surface area (Å²) in [5.41, 5.74) is 4.73. The van der Waals surface area contributed by atoms with E-state index in [1.807, 2.05) is 19.1 Å². The number of anilines is 1. The quantitative estimate of drug-likeness (QED) is 0.734. The Balaban J connectivity index is 1.64. The predicted molar refractivity (Wildman–Crippen MR) is 94.3 cm³/mol. The molecular weight excluding hydrogens is 324 g/mol. The normalized spacial score (nSPS) is 11.9. The summed E-state index contributed by atoms with van der Waals surface area (Å²) in [6, 6.07) is 12.5. The zero-order chi connectivity index (χ0) is 17.1. The van der Waals surface area contributed by atoms with E-state index < -0.39 is 12.1 Å². The Morgan fingerprint density at radius 1 is 1.17 bits per heavy atom. The molecule has 1 N–H and O–H groups in total. The lowest BCUT2D eigenvalue weighted by atomic mass is 10.2. The molecule has 0 aliphatic carbocycles. The summed E-state index contributed by atoms with van der Waals surface area (Å²) in [6.45, 7) is 3.52. The number of nitrogens with one attached hydrogen (secondary N) is 1. The topological polar surface area (TPSA) is 68.3 Å². The first-order chi connectivity index (χ1) is 11.5. The molecule has 0 saturated heterocycles. The van der Waals surface area contributed by atoms with Gasteiger partial charge < -0.3 is 10.1 Å². The number of carbonyl (C=O) groups is 2. The maximum Gasteiger partial charge on any atom is 0.338 e. The second-order valence-electron chi connectivity index (χ2n) is 5.44. The van der Waals surface area contributed by atoms with Crippen molar-refractivity contribution in [1.82, 2.24) is 4.98 Å². The van der Waals surface area contributed by atoms with Gasteiger partial charge in [-0.1, -0.05) is 17.7 Å². The number of carbonyl (C=O) groups excluding carboxylic acids is 2. The van der Waals surface area contributed by atoms with Crippen molar-refractivity contribution in [3.63, 3.8) is 0 Å². The second kappa shape index (κ2) is 6.80. The summed E-state index contributed by atoms with van der Waals surface area (Å²) >= 11 is 1.45. The first kappa shape index (κ1) is 16.1. The lowest BCUT2D eigenvalue weighted by molar-refractivity contribution is -0.123. The third-order valence-corrected chi connectivity index (χ3v) is 4.33. The Bertz CT molecular complexity index is 887. The van der Waals surface area contributed by atoms with Crippen LogP contribution in [0.4, 0.5) is 5.69 Å². The average molecular weight is 340 g/mol. The number of fused-ring (bicyclic) bond motifs is 1. The first-order valence-corrected chi connectivity index (χ1v) is 8.32. The van der Waals surface area contributed by atoms with Crippen LogP contribution in [0.2, 0.25) is 0 Å². The van der Waals surface area contributed by atoms with Crippen molar-refractivity contribution in [2.75, 3.05) is 5.32 Å². The van der Waals surface area contributed by atoms with E-state index in [1.165, 1.54) is 11.3 Å². The number of aryl methyl sites for hydroxylation is 1. The number of benzene rings is 2. The molecule has 6 heteroatoms. The van der Waals surface area contributed by atoms with Crippen LogP contribution in [0.1, 0.15) is 22.8 Å². The molecular formula is C18H16N2O3S. The third kappa shape index (κ3) is 3.60. The zero-order valence-corrected chi connectivity index (χ0v) is 14.1. The van der Waals surface area contributed by atoms with Gasteiger partial charge in [-0.25, -0.2) is 9.78 Å². The van der Waals surface area contributed by atoms with Gasteiger partial charge in [0.2, 0.25) is 0 Å². The minimum atomic E-state index is -0.893. The molecule has 3 aromatic rings. The molecule has 2 aromatic carbocycles. The van der Waals surface area contributed by atoms with E-state index in [0.29, 0.717) is 11.3 Å². The highest BCUT2D eigenvalue weighted by atomic mass is 32.1. The SMILES string of the molecule is Cc1ccc(NC(=O)C(C)OC(=O)c2ccc3ncsc3c2)cc1. The van der Waals surface area contributed by atoms with Crippen LogP contribution >= 0.6 is 11.3 Å². The van der Waals surface area contributed by atoms with Gasteiger partial charge in [0.15, 0.2) is 6.10 Å². The molecule has 0 aliphatic heterocycles. The van der Waals surface area contributed by atoms with Gasteiger partial charge in [0.05, 0.1) is 21.3 Å². The Labute approximate surface area is 143 Å². The van der Waals surface area contributed by atoms with Crippen molar-refractivity contribution in [1.29, 1.82) is 0 Å². The Hall–Kier alpha value is -2.73. The number of esters is 1. The van der Waals surface area contributed by atoms with Gasteiger partial charge >= 0.3 is 5.97 Å². The van der Waals surface area contributed by atoms with E-state index in [4.69, 9.17) is 4.74 Å². The van der Waals surface area contributed by atoms with Crippen LogP contribution in [0.15, 0.2) is 48.0 Å². The maximum absolute atomic E-state index is 12.2. The number of aromatic nitrogens is 1. The van der Waals surface area contributed by atoms with Crippen molar-refractivity contribution in [2.45, 2.75) is 20.0 Å². The molecule has 3 rings (SSSR count). The van der Waals surface area contributed by atoms with Crippen molar-refractivity contribution < 1.29 is 14.3 Å². The molecule has 1 atom stereocenters. The monoisotopic (exact) mass is 340 g/mol. The van der Waals surface area contributed by atoms with Crippen LogP contribution in [-0.2, 0) is 9.53 Å². The van der Waals surface area contributed by atoms with Gasteiger partial charge in [0.1, 0.15) is 0 Å². The Morgan fingerprint density at radius 3 is 2.67 bits per heavy atom. The summed E-state index contributed by atoms with van der Waals surface area (Å²) in [7, 11) is 0. The number of hydrogen-bond acceptors (Lipinski definition) is 5. The summed E-state index contributed by atoms with van der Waals surface area (Å²) < 4.78 is 6.16. The highest BCUT2D eigenvalue weighted by Crippen LogP contribution is 2.20. The molecule has 0 spiro atoms. The molecule has 24 heavy (non-hydrogen) atoms. The van der Waals surface area contributed by atoms with Gasteiger partial charge in [-0.3, -0.25) is 4.79 Å². The van der Waals surface area contributed by atoms with Crippen LogP contribution in [-0.4, -0.2) is 23.0 Å². The summed E-state index contributed by atoms with van der Waals surface area (Å²) in [5, 5.41) is 2.73. The van der Waals surface area contributed by atoms with E-state index in [9.17, 15) is 9.59 Å². The third-order valence-electron chi connectivity index (χ3n) is 3.54. The van der Waals surface area contributed by atoms with E-state index in [-0.39, 0.29) is 5.91 Å². The molecule has 0 aliphatic rings. The average Bonchev–Trinajstić information content (AvgIpc) is 3.04. The van der Waals surface area contributed by atoms with Crippen LogP contribution < -0.4 is 5.32 Å². The first-order valence-electron chi connectivity index (χ1n) is 7.45. The number of ether oxygens (including phenoxy) is 1. The molecule has 1 amide bonds. The van der Waals surface area contributed by atoms with E-state index in [0.717, 1.165) is 15.8 Å². The summed E-state index contributed by atoms with van der Waals surface area (Å²) in [5.74, 6) is -0.900. The molecule has 1 unspecified atom stereocenters. The standard InChI is InChI=1S/C18H16N2O3S/c1-11-3-6-14(7-4-11)20-17(21)12(2)23-18(22)13-5-8-15-16(9-13)24-10-19-15/h3-10,12H,1-2H3,(H,20,21). The van der Waals surface area contributed by atoms with Crippen molar-refractivity contribution in [2.24, 2.45) is 0 Å². The van der Waals surface area contributed by atoms with Crippen molar-refractivity contribution in [3.8, 4) is 0 Å². The van der Waals surface area contributed by atoms with Gasteiger partial charge in [0, 0.05) is 5.69 Å². The lowest BCUT2D eigenvalue weighted by Gasteiger charge is -2.13. The van der Waals surface area contributed by atoms with Crippen LogP contribution in [0.3, 0.4) is 0 Å². The highest BCUT2D eigenvalue weighted by Gasteiger charge is 2.19. The molecule has 0 fully saturated rings. The minimum absolute atomic E-state index is 0.369. The Morgan fingerprint density at radius 2 is 1.92 bits per heavy atom. The van der Waals surface area contributed by atoms with Crippen molar-refractivity contribution >= 4 is 39.1 Å². The maximum atomic E-state index is 12.2. The van der Waals surface area contributed by atoms with E-state index in [1.54, 1.807) is 42.8 Å². The fourth-order valence-electron chi connectivity index (χ4n) is 2.14. The fourth-order valence-corrected chi connectivity index (χ4v) is 2.86. The molecule has 1 heterocycles. The van der Waals surface area contributed by atoms with Gasteiger partial charge in [-0.05, 0) is 44.2 Å². The van der Waals surface area contributed by atoms with E-state index in [2.05, 4.69) is 10.3 Å². The van der Waals surface area contributed by atoms with E-state index >= 15 is 0 Å². The zero-order valence-electron chi connectivity index (χ0n) is 13.3. The lowest BCUT2D eigenvalue weighted by Crippen LogP contribution is -2.30. The highest BCUT2D eigenvalue weighted by molar-refractivity contribution is 7.16. The summed E-state index contributed by atoms with van der Waals surface area (Å²) in [4.78, 5) is 28.5. The number of amides is 1. The molecule has 0 bridgehead atoms. The Kier molecular flexibility index (Phi) is 4.57. The molecule has 1 aromatic heterocycles. The molecule has 0 saturated carbocycles. The summed E-state index contributed by atoms with van der Waals surface area (Å²) in [6.07, 6.45) is -0.893. The van der Waals surface area contributed by atoms with Gasteiger partial charge in [-0.2, -0.15) is 0 Å². The number of rotatable bonds is 4. The predicted octanol–water partition coefficient (Wildman–Crippen LogP) is 3.79. The van der Waals surface area contributed by atoms with Crippen molar-refractivity contribution in [3.05, 3.63) is 59.1 Å². The van der Waals surface area contributed by atoms with Crippen LogP contribution in [0.25, 0.3) is 10.2 Å². The minimum Gasteiger partial charge on any atom is -0.449 e. The fraction of sp³-hybridized carbons (Fsp3) is 0.167. The molecule has 0 radical (unpaired) electrons. The number of thiazole rings is 1. The number of hydrogen-bond donors (Lipinski definition) is 1. The van der Waals surface area contributed by atoms with Gasteiger partial charge in [-0.15, -0.1) is 11.3 Å². The van der Waals surface area contributed by atoms with Crippen LogP contribution in [0, 0.1) is 6.92 Å². The number of nitrogens with zero attached hydrogens (tertiary/aromatic N) is 1. The molecule has 122 valence electrons. The van der Waals surface area contributed by atoms with Crippen LogP contribution in [0.5, 0.6) is 0 Å². The van der Waals surface area contributed by atoms with Gasteiger partial charge in [0.25, 0.3) is 5.91 Å². The molecule has 5 nitrogen and oxygen atoms in total. The second-order valence-corrected chi connectivity index (χ2v) is 6.32. The largest absolute Gasteiger partial charge is 0.449 e. The smallest absolute Gasteiger partial charge is 0.338 e.